The molecule has 0 aliphatic carbocycles. The molecule has 0 fully saturated rings. The van der Waals surface area contributed by atoms with E-state index < -0.39 is 0 Å². The Bertz CT molecular complexity index is 686. The summed E-state index contributed by atoms with van der Waals surface area (Å²) in [5.41, 5.74) is 3.14. The lowest BCUT2D eigenvalue weighted by Gasteiger charge is -2.01. The van der Waals surface area contributed by atoms with E-state index in [4.69, 9.17) is 0 Å². The average molecular weight is 287 g/mol. The van der Waals surface area contributed by atoms with Gasteiger partial charge in [0.25, 0.3) is 0 Å². The van der Waals surface area contributed by atoms with Gasteiger partial charge in [-0.15, -0.1) is 0 Å². The summed E-state index contributed by atoms with van der Waals surface area (Å²) in [6.45, 7) is 2.00. The maximum absolute atomic E-state index is 4.32. The third kappa shape index (κ3) is 1.76. The molecule has 0 aliphatic heterocycles. The summed E-state index contributed by atoms with van der Waals surface area (Å²) >= 11 is 3.56. The smallest absolute Gasteiger partial charge is 0.107 e. The zero-order chi connectivity index (χ0) is 11.8. The first-order chi connectivity index (χ1) is 8.25. The second kappa shape index (κ2) is 4.00. The van der Waals surface area contributed by atoms with E-state index in [1.165, 1.54) is 10.8 Å². The van der Waals surface area contributed by atoms with E-state index in [9.17, 15) is 0 Å². The van der Waals surface area contributed by atoms with Gasteiger partial charge >= 0.3 is 0 Å². The lowest BCUT2D eigenvalue weighted by molar-refractivity contribution is 1.05. The maximum Gasteiger partial charge on any atom is 0.107 e. The molecule has 0 saturated carbocycles. The number of hydrogen-bond donors (Lipinski definition) is 1. The number of aromatic nitrogens is 2. The predicted molar refractivity (Wildman–Crippen MR) is 74.0 cm³/mol. The normalized spacial score (nSPS) is 10.9. The summed E-state index contributed by atoms with van der Waals surface area (Å²) < 4.78 is 1.03. The van der Waals surface area contributed by atoms with E-state index in [0.717, 1.165) is 21.4 Å². The fourth-order valence-corrected chi connectivity index (χ4v) is 2.35. The molecule has 0 bridgehead atoms. The fourth-order valence-electron chi connectivity index (χ4n) is 1.94. The largest absolute Gasteiger partial charge is 0.281 e. The van der Waals surface area contributed by atoms with Crippen LogP contribution in [0.1, 0.15) is 5.69 Å². The number of fused-ring (bicyclic) bond motifs is 1. The van der Waals surface area contributed by atoms with Crippen molar-refractivity contribution < 1.29 is 0 Å². The Hall–Kier alpha value is -1.61. The van der Waals surface area contributed by atoms with Crippen molar-refractivity contribution in [3.8, 4) is 11.3 Å². The molecule has 1 heterocycles. The van der Waals surface area contributed by atoms with E-state index in [2.05, 4.69) is 68.6 Å². The first-order valence-corrected chi connectivity index (χ1v) is 6.24. The van der Waals surface area contributed by atoms with Gasteiger partial charge in [0.1, 0.15) is 5.69 Å². The van der Waals surface area contributed by atoms with E-state index in [1.807, 2.05) is 6.92 Å². The molecule has 0 aliphatic rings. The molecular weight excluding hydrogens is 276 g/mol. The number of rotatable bonds is 1. The summed E-state index contributed by atoms with van der Waals surface area (Å²) in [6, 6.07) is 14.7. The number of H-pyrrole nitrogens is 1. The lowest BCUT2D eigenvalue weighted by Crippen LogP contribution is -1.80. The van der Waals surface area contributed by atoms with E-state index >= 15 is 0 Å². The number of aromatic amines is 1. The molecule has 0 spiro atoms. The highest BCUT2D eigenvalue weighted by Gasteiger charge is 2.09. The van der Waals surface area contributed by atoms with Gasteiger partial charge in [0, 0.05) is 11.3 Å². The van der Waals surface area contributed by atoms with Gasteiger partial charge in [-0.1, -0.05) is 36.4 Å². The fraction of sp³-hybridized carbons (Fsp3) is 0.0714. The van der Waals surface area contributed by atoms with Crippen LogP contribution in [0, 0.1) is 6.92 Å². The Morgan fingerprint density at radius 3 is 2.53 bits per heavy atom. The Balaban J connectivity index is 2.21. The number of nitrogens with one attached hydrogen (secondary N) is 1. The Morgan fingerprint density at radius 1 is 1.06 bits per heavy atom. The van der Waals surface area contributed by atoms with Crippen LogP contribution in [0.5, 0.6) is 0 Å². The Morgan fingerprint density at radius 2 is 1.82 bits per heavy atom. The van der Waals surface area contributed by atoms with Crippen molar-refractivity contribution in [3.05, 3.63) is 52.6 Å². The van der Waals surface area contributed by atoms with Crippen LogP contribution in [0.15, 0.2) is 46.9 Å². The average Bonchev–Trinajstić information content (AvgIpc) is 2.70. The molecule has 17 heavy (non-hydrogen) atoms. The predicted octanol–water partition coefficient (Wildman–Crippen LogP) is 4.30. The van der Waals surface area contributed by atoms with Crippen molar-refractivity contribution in [3.63, 3.8) is 0 Å². The van der Waals surface area contributed by atoms with Crippen molar-refractivity contribution in [2.45, 2.75) is 6.92 Å². The number of hydrogen-bond acceptors (Lipinski definition) is 1. The number of benzene rings is 2. The van der Waals surface area contributed by atoms with Crippen LogP contribution >= 0.6 is 15.9 Å². The van der Waals surface area contributed by atoms with Gasteiger partial charge in [-0.05, 0) is 39.7 Å². The molecule has 0 radical (unpaired) electrons. The third-order valence-electron chi connectivity index (χ3n) is 2.90. The molecule has 84 valence electrons. The standard InChI is InChI=1S/C14H11BrN2/c1-9-13(15)14(17-16-9)12-7-6-10-4-2-3-5-11(10)8-12/h2-8H,1H3,(H,16,17). The van der Waals surface area contributed by atoms with Gasteiger partial charge in [-0.3, -0.25) is 5.10 Å². The molecule has 0 saturated heterocycles. The van der Waals surface area contributed by atoms with Crippen LogP contribution in [0.3, 0.4) is 0 Å². The summed E-state index contributed by atoms with van der Waals surface area (Å²) in [6.07, 6.45) is 0. The lowest BCUT2D eigenvalue weighted by atomic mass is 10.1. The summed E-state index contributed by atoms with van der Waals surface area (Å²) in [7, 11) is 0. The van der Waals surface area contributed by atoms with Crippen LogP contribution in [-0.2, 0) is 0 Å². The number of halogens is 1. The molecule has 0 unspecified atom stereocenters. The zero-order valence-electron chi connectivity index (χ0n) is 9.37. The highest BCUT2D eigenvalue weighted by molar-refractivity contribution is 9.10. The molecule has 3 rings (SSSR count). The Labute approximate surface area is 108 Å². The quantitative estimate of drug-likeness (QED) is 0.710. The minimum atomic E-state index is 0.966. The van der Waals surface area contributed by atoms with Crippen molar-refractivity contribution in [1.82, 2.24) is 10.2 Å². The minimum Gasteiger partial charge on any atom is -0.281 e. The molecule has 3 heteroatoms. The van der Waals surface area contributed by atoms with Crippen LogP contribution < -0.4 is 0 Å². The van der Waals surface area contributed by atoms with Gasteiger partial charge in [0.2, 0.25) is 0 Å². The van der Waals surface area contributed by atoms with Gasteiger partial charge in [-0.25, -0.2) is 0 Å². The highest BCUT2D eigenvalue weighted by Crippen LogP contribution is 2.30. The zero-order valence-corrected chi connectivity index (χ0v) is 11.0. The molecular formula is C14H11BrN2. The van der Waals surface area contributed by atoms with Gasteiger partial charge in [0.05, 0.1) is 4.47 Å². The molecule has 0 amide bonds. The second-order valence-electron chi connectivity index (χ2n) is 4.07. The molecule has 1 N–H and O–H groups in total. The number of nitrogens with zero attached hydrogens (tertiary/aromatic N) is 1. The summed E-state index contributed by atoms with van der Waals surface area (Å²) in [5, 5.41) is 9.79. The molecule has 2 aromatic carbocycles. The first-order valence-electron chi connectivity index (χ1n) is 5.45. The maximum atomic E-state index is 4.32. The topological polar surface area (TPSA) is 28.7 Å². The first kappa shape index (κ1) is 10.5. The SMILES string of the molecule is Cc1[nH]nc(-c2ccc3ccccc3c2)c1Br. The summed E-state index contributed by atoms with van der Waals surface area (Å²) in [5.74, 6) is 0. The van der Waals surface area contributed by atoms with E-state index in [-0.39, 0.29) is 0 Å². The van der Waals surface area contributed by atoms with Crippen LogP contribution in [-0.4, -0.2) is 10.2 Å². The molecule has 0 atom stereocenters. The second-order valence-corrected chi connectivity index (χ2v) is 4.87. The van der Waals surface area contributed by atoms with Crippen molar-refractivity contribution in [2.75, 3.05) is 0 Å². The Kier molecular flexibility index (Phi) is 2.48. The van der Waals surface area contributed by atoms with E-state index in [1.54, 1.807) is 0 Å². The molecule has 3 aromatic rings. The van der Waals surface area contributed by atoms with Crippen molar-refractivity contribution in [1.29, 1.82) is 0 Å². The summed E-state index contributed by atoms with van der Waals surface area (Å²) in [4.78, 5) is 0. The number of aryl methyl sites for hydroxylation is 1. The van der Waals surface area contributed by atoms with E-state index in [0.29, 0.717) is 0 Å². The third-order valence-corrected chi connectivity index (χ3v) is 3.87. The van der Waals surface area contributed by atoms with Gasteiger partial charge in [-0.2, -0.15) is 5.10 Å². The highest BCUT2D eigenvalue weighted by atomic mass is 79.9. The van der Waals surface area contributed by atoms with Crippen molar-refractivity contribution >= 4 is 26.7 Å². The van der Waals surface area contributed by atoms with Crippen LogP contribution in [0.2, 0.25) is 0 Å². The molecule has 1 aromatic heterocycles. The monoisotopic (exact) mass is 286 g/mol. The minimum absolute atomic E-state index is 0.966. The van der Waals surface area contributed by atoms with Gasteiger partial charge in [0.15, 0.2) is 0 Å². The van der Waals surface area contributed by atoms with Crippen LogP contribution in [0.25, 0.3) is 22.0 Å². The molecule has 2 nitrogen and oxygen atoms in total. The van der Waals surface area contributed by atoms with Crippen LogP contribution in [0.4, 0.5) is 0 Å². The van der Waals surface area contributed by atoms with Crippen molar-refractivity contribution in [2.24, 2.45) is 0 Å². The van der Waals surface area contributed by atoms with Gasteiger partial charge < -0.3 is 0 Å².